The normalized spacial score (nSPS) is 18.7. The third-order valence-corrected chi connectivity index (χ3v) is 4.14. The summed E-state index contributed by atoms with van der Waals surface area (Å²) in [5.74, 6) is -1.24. The van der Waals surface area contributed by atoms with E-state index in [9.17, 15) is 9.59 Å². The minimum atomic E-state index is -1.09. The van der Waals surface area contributed by atoms with Crippen molar-refractivity contribution in [3.8, 4) is 0 Å². The molecule has 0 atom stereocenters. The lowest BCUT2D eigenvalue weighted by atomic mass is 9.83. The van der Waals surface area contributed by atoms with E-state index in [1.54, 1.807) is 4.90 Å². The number of rotatable bonds is 2. The number of aromatic nitrogens is 1. The van der Waals surface area contributed by atoms with Crippen molar-refractivity contribution < 1.29 is 14.7 Å². The predicted octanol–water partition coefficient (Wildman–Crippen LogP) is 2.10. The molecule has 1 saturated heterocycles. The van der Waals surface area contributed by atoms with Gasteiger partial charge in [-0.1, -0.05) is 13.8 Å². The van der Waals surface area contributed by atoms with Crippen molar-refractivity contribution in [2.75, 3.05) is 13.1 Å². The zero-order chi connectivity index (χ0) is 13.3. The minimum absolute atomic E-state index is 0.0549. The Morgan fingerprint density at radius 1 is 1.39 bits per heavy atom. The van der Waals surface area contributed by atoms with E-state index in [0.717, 1.165) is 24.2 Å². The Kier molecular flexibility index (Phi) is 3.38. The summed E-state index contributed by atoms with van der Waals surface area (Å²) in [5, 5.41) is 10.5. The van der Waals surface area contributed by atoms with E-state index < -0.39 is 5.97 Å². The van der Waals surface area contributed by atoms with Gasteiger partial charge in [0.15, 0.2) is 10.7 Å². The van der Waals surface area contributed by atoms with Gasteiger partial charge in [0.05, 0.1) is 0 Å². The molecule has 1 aromatic heterocycles. The second kappa shape index (κ2) is 4.68. The molecule has 5 nitrogen and oxygen atoms in total. The van der Waals surface area contributed by atoms with Gasteiger partial charge in [0, 0.05) is 18.5 Å². The van der Waals surface area contributed by atoms with Gasteiger partial charge in [0.1, 0.15) is 0 Å². The van der Waals surface area contributed by atoms with Crippen LogP contribution in [0.4, 0.5) is 0 Å². The van der Waals surface area contributed by atoms with Gasteiger partial charge in [-0.05, 0) is 18.3 Å². The summed E-state index contributed by atoms with van der Waals surface area (Å²) in [7, 11) is 0. The summed E-state index contributed by atoms with van der Waals surface area (Å²) in [6.07, 6.45) is 1.94. The summed E-state index contributed by atoms with van der Waals surface area (Å²) in [6.45, 7) is 5.82. The first-order chi connectivity index (χ1) is 8.39. The number of likely N-dealkylation sites (tertiary alicyclic amines) is 1. The number of hydrogen-bond donors (Lipinski definition) is 1. The van der Waals surface area contributed by atoms with E-state index in [2.05, 4.69) is 18.8 Å². The third-order valence-electron chi connectivity index (χ3n) is 3.31. The monoisotopic (exact) mass is 268 g/mol. The van der Waals surface area contributed by atoms with Gasteiger partial charge in [-0.3, -0.25) is 4.79 Å². The number of piperidine rings is 1. The lowest BCUT2D eigenvalue weighted by Gasteiger charge is -2.36. The van der Waals surface area contributed by atoms with E-state index in [4.69, 9.17) is 5.11 Å². The molecule has 0 aromatic carbocycles. The maximum atomic E-state index is 12.1. The van der Waals surface area contributed by atoms with Crippen LogP contribution < -0.4 is 0 Å². The maximum absolute atomic E-state index is 12.1. The smallest absolute Gasteiger partial charge is 0.355 e. The molecule has 2 heterocycles. The zero-order valence-electron chi connectivity index (χ0n) is 10.5. The molecular formula is C12H16N2O3S. The lowest BCUT2D eigenvalue weighted by molar-refractivity contribution is 0.0629. The standard InChI is InChI=1S/C12H16N2O3S/c1-12(2)3-5-14(6-4-12)10(15)9-13-8(7-18-9)11(16)17/h7H,3-6H2,1-2H3,(H,16,17). The number of carboxylic acids is 1. The fraction of sp³-hybridized carbons (Fsp3) is 0.583. The van der Waals surface area contributed by atoms with Gasteiger partial charge in [0.25, 0.3) is 5.91 Å². The molecule has 0 aliphatic carbocycles. The van der Waals surface area contributed by atoms with E-state index in [0.29, 0.717) is 13.1 Å². The maximum Gasteiger partial charge on any atom is 0.355 e. The molecule has 0 bridgehead atoms. The Hall–Kier alpha value is -1.43. The minimum Gasteiger partial charge on any atom is -0.476 e. The van der Waals surface area contributed by atoms with Crippen molar-refractivity contribution in [3.63, 3.8) is 0 Å². The molecule has 1 aliphatic heterocycles. The van der Waals surface area contributed by atoms with Gasteiger partial charge < -0.3 is 10.0 Å². The van der Waals surface area contributed by atoms with Crippen LogP contribution in [0.3, 0.4) is 0 Å². The predicted molar refractivity (Wildman–Crippen MR) is 68.0 cm³/mol. The van der Waals surface area contributed by atoms with Crippen LogP contribution in [-0.4, -0.2) is 40.0 Å². The average Bonchev–Trinajstić information content (AvgIpc) is 2.77. The van der Waals surface area contributed by atoms with E-state index in [1.807, 2.05) is 0 Å². The Morgan fingerprint density at radius 2 is 2.00 bits per heavy atom. The zero-order valence-corrected chi connectivity index (χ0v) is 11.3. The summed E-state index contributed by atoms with van der Waals surface area (Å²) in [6, 6.07) is 0. The van der Waals surface area contributed by atoms with Crippen molar-refractivity contribution in [2.24, 2.45) is 5.41 Å². The molecular weight excluding hydrogens is 252 g/mol. The Bertz CT molecular complexity index is 471. The summed E-state index contributed by atoms with van der Waals surface area (Å²) in [5.41, 5.74) is 0.229. The average molecular weight is 268 g/mol. The van der Waals surface area contributed by atoms with Crippen LogP contribution in [0.1, 0.15) is 47.0 Å². The molecule has 1 N–H and O–H groups in total. The quantitative estimate of drug-likeness (QED) is 0.891. The molecule has 98 valence electrons. The second-order valence-electron chi connectivity index (χ2n) is 5.30. The highest BCUT2D eigenvalue weighted by atomic mass is 32.1. The fourth-order valence-corrected chi connectivity index (χ4v) is 2.68. The Labute approximate surface area is 109 Å². The van der Waals surface area contributed by atoms with Gasteiger partial charge in [-0.2, -0.15) is 0 Å². The van der Waals surface area contributed by atoms with Crippen LogP contribution in [0.15, 0.2) is 5.38 Å². The largest absolute Gasteiger partial charge is 0.476 e. The molecule has 0 saturated carbocycles. The van der Waals surface area contributed by atoms with E-state index >= 15 is 0 Å². The molecule has 1 aromatic rings. The SMILES string of the molecule is CC1(C)CCN(C(=O)c2nc(C(=O)O)cs2)CC1. The summed E-state index contributed by atoms with van der Waals surface area (Å²) in [4.78, 5) is 28.5. The first kappa shape index (κ1) is 13.0. The highest BCUT2D eigenvalue weighted by molar-refractivity contribution is 7.11. The summed E-state index contributed by atoms with van der Waals surface area (Å²) < 4.78 is 0. The molecule has 2 rings (SSSR count). The Morgan fingerprint density at radius 3 is 2.50 bits per heavy atom. The highest BCUT2D eigenvalue weighted by Gasteiger charge is 2.29. The third kappa shape index (κ3) is 2.69. The van der Waals surface area contributed by atoms with Gasteiger partial charge in [-0.15, -0.1) is 11.3 Å². The van der Waals surface area contributed by atoms with E-state index in [1.165, 1.54) is 5.38 Å². The van der Waals surface area contributed by atoms with Crippen molar-refractivity contribution >= 4 is 23.2 Å². The molecule has 0 spiro atoms. The fourth-order valence-electron chi connectivity index (χ4n) is 1.92. The molecule has 1 aliphatic rings. The van der Waals surface area contributed by atoms with Crippen LogP contribution in [0.2, 0.25) is 0 Å². The second-order valence-corrected chi connectivity index (χ2v) is 6.16. The van der Waals surface area contributed by atoms with Crippen LogP contribution in [0.25, 0.3) is 0 Å². The van der Waals surface area contributed by atoms with Gasteiger partial charge in [0.2, 0.25) is 0 Å². The van der Waals surface area contributed by atoms with Crippen molar-refractivity contribution in [3.05, 3.63) is 16.1 Å². The topological polar surface area (TPSA) is 70.5 Å². The van der Waals surface area contributed by atoms with Crippen LogP contribution in [0.5, 0.6) is 0 Å². The molecule has 1 amide bonds. The number of carbonyl (C=O) groups is 2. The molecule has 18 heavy (non-hydrogen) atoms. The number of thiazole rings is 1. The molecule has 0 unspecified atom stereocenters. The number of carboxylic acid groups (broad SMARTS) is 1. The first-order valence-corrected chi connectivity index (χ1v) is 6.75. The number of nitrogens with zero attached hydrogens (tertiary/aromatic N) is 2. The summed E-state index contributed by atoms with van der Waals surface area (Å²) >= 11 is 1.10. The van der Waals surface area contributed by atoms with Gasteiger partial charge in [-0.25, -0.2) is 9.78 Å². The molecule has 0 radical (unpaired) electrons. The number of amides is 1. The van der Waals surface area contributed by atoms with Crippen LogP contribution in [0, 0.1) is 5.41 Å². The lowest BCUT2D eigenvalue weighted by Crippen LogP contribution is -2.41. The first-order valence-electron chi connectivity index (χ1n) is 5.87. The molecule has 6 heteroatoms. The van der Waals surface area contributed by atoms with Crippen molar-refractivity contribution in [1.82, 2.24) is 9.88 Å². The van der Waals surface area contributed by atoms with E-state index in [-0.39, 0.29) is 22.0 Å². The number of hydrogen-bond acceptors (Lipinski definition) is 4. The molecule has 1 fully saturated rings. The van der Waals surface area contributed by atoms with Crippen LogP contribution >= 0.6 is 11.3 Å². The van der Waals surface area contributed by atoms with Crippen molar-refractivity contribution in [1.29, 1.82) is 0 Å². The number of aromatic carboxylic acids is 1. The van der Waals surface area contributed by atoms with Crippen LogP contribution in [-0.2, 0) is 0 Å². The number of carbonyl (C=O) groups excluding carboxylic acids is 1. The Balaban J connectivity index is 2.05. The highest BCUT2D eigenvalue weighted by Crippen LogP contribution is 2.30. The van der Waals surface area contributed by atoms with Crippen molar-refractivity contribution in [2.45, 2.75) is 26.7 Å². The van der Waals surface area contributed by atoms with Gasteiger partial charge >= 0.3 is 5.97 Å².